The molecule has 1 aromatic heterocycles. The van der Waals surface area contributed by atoms with E-state index in [1.165, 1.54) is 11.0 Å². The standard InChI is InChI=1S/C33H44F2N4O6/c1-21(2)44-32(42)38-13-10-22(11-14-38)20-43-29-9-8-25(18-36-29)23-6-7-24(27(35)16-23)17-28(37-31(41)45-33(3,4)5)30(40)39-15-12-26(34)19-39/h6-9,16,18,21-22,26,28H,10-15,17,19-20H2,1-5H3,(H,37,41)/t26-,28?/m0/s1. The van der Waals surface area contributed by atoms with Crippen LogP contribution in [0.4, 0.5) is 18.4 Å². The molecular formula is C33H44F2N4O6. The molecule has 2 aliphatic rings. The average Bonchev–Trinajstić information content (AvgIpc) is 3.41. The minimum absolute atomic E-state index is 0.0619. The highest BCUT2D eigenvalue weighted by molar-refractivity contribution is 5.86. The summed E-state index contributed by atoms with van der Waals surface area (Å²) in [6.45, 7) is 10.6. The first-order valence-corrected chi connectivity index (χ1v) is 15.5. The van der Waals surface area contributed by atoms with Gasteiger partial charge in [-0.05, 0) is 83.1 Å². The topological polar surface area (TPSA) is 110 Å². The molecule has 2 aliphatic heterocycles. The van der Waals surface area contributed by atoms with Gasteiger partial charge in [-0.15, -0.1) is 0 Å². The summed E-state index contributed by atoms with van der Waals surface area (Å²) in [5.74, 6) is -0.293. The molecule has 4 rings (SSSR count). The van der Waals surface area contributed by atoms with E-state index in [1.54, 1.807) is 56.1 Å². The number of ether oxygens (including phenoxy) is 3. The molecule has 3 heterocycles. The number of aromatic nitrogens is 1. The molecule has 2 fully saturated rings. The van der Waals surface area contributed by atoms with Gasteiger partial charge in [0.2, 0.25) is 11.8 Å². The van der Waals surface area contributed by atoms with E-state index in [0.29, 0.717) is 42.6 Å². The Kier molecular flexibility index (Phi) is 11.2. The van der Waals surface area contributed by atoms with Crippen molar-refractivity contribution in [1.29, 1.82) is 0 Å². The number of carbonyl (C=O) groups is 3. The van der Waals surface area contributed by atoms with Crippen molar-refractivity contribution in [3.8, 4) is 17.0 Å². The molecular weight excluding hydrogens is 586 g/mol. The summed E-state index contributed by atoms with van der Waals surface area (Å²) in [5.41, 5.74) is 0.689. The zero-order valence-corrected chi connectivity index (χ0v) is 26.7. The van der Waals surface area contributed by atoms with Crippen LogP contribution in [-0.4, -0.2) is 89.6 Å². The minimum atomic E-state index is -1.13. The lowest BCUT2D eigenvalue weighted by Gasteiger charge is -2.31. The second kappa shape index (κ2) is 14.9. The number of hydrogen-bond donors (Lipinski definition) is 1. The molecule has 2 aromatic rings. The molecule has 0 saturated carbocycles. The van der Waals surface area contributed by atoms with Crippen molar-refractivity contribution in [1.82, 2.24) is 20.1 Å². The summed E-state index contributed by atoms with van der Waals surface area (Å²) in [7, 11) is 0. The van der Waals surface area contributed by atoms with Crippen LogP contribution in [0.3, 0.4) is 0 Å². The number of likely N-dealkylation sites (tertiary alicyclic amines) is 2. The maximum atomic E-state index is 15.3. The monoisotopic (exact) mass is 630 g/mol. The van der Waals surface area contributed by atoms with Crippen molar-refractivity contribution in [3.05, 3.63) is 47.9 Å². The molecule has 0 spiro atoms. The number of carbonyl (C=O) groups excluding carboxylic acids is 3. The summed E-state index contributed by atoms with van der Waals surface area (Å²) in [5, 5.41) is 2.55. The summed E-state index contributed by atoms with van der Waals surface area (Å²) in [6, 6.07) is 7.04. The van der Waals surface area contributed by atoms with E-state index in [4.69, 9.17) is 14.2 Å². The van der Waals surface area contributed by atoms with Crippen LogP contribution >= 0.6 is 0 Å². The number of pyridine rings is 1. The van der Waals surface area contributed by atoms with Gasteiger partial charge >= 0.3 is 12.2 Å². The molecule has 2 atom stereocenters. The van der Waals surface area contributed by atoms with E-state index >= 15 is 4.39 Å². The van der Waals surface area contributed by atoms with E-state index in [9.17, 15) is 18.8 Å². The lowest BCUT2D eigenvalue weighted by molar-refractivity contribution is -0.132. The Labute approximate surface area is 263 Å². The molecule has 0 aliphatic carbocycles. The first-order chi connectivity index (χ1) is 21.3. The van der Waals surface area contributed by atoms with Crippen LogP contribution in [0.5, 0.6) is 5.88 Å². The van der Waals surface area contributed by atoms with E-state index in [0.717, 1.165) is 12.8 Å². The predicted molar refractivity (Wildman–Crippen MR) is 164 cm³/mol. The molecule has 1 aromatic carbocycles. The van der Waals surface area contributed by atoms with Crippen LogP contribution < -0.4 is 10.1 Å². The van der Waals surface area contributed by atoms with E-state index in [-0.39, 0.29) is 43.7 Å². The third kappa shape index (κ3) is 10.0. The van der Waals surface area contributed by atoms with Gasteiger partial charge in [-0.3, -0.25) is 4.79 Å². The lowest BCUT2D eigenvalue weighted by atomic mass is 9.98. The number of benzene rings is 1. The third-order valence-electron chi connectivity index (χ3n) is 7.65. The van der Waals surface area contributed by atoms with Crippen LogP contribution in [0.2, 0.25) is 0 Å². The predicted octanol–water partition coefficient (Wildman–Crippen LogP) is 5.53. The van der Waals surface area contributed by atoms with Gasteiger partial charge in [0, 0.05) is 43.9 Å². The lowest BCUT2D eigenvalue weighted by Crippen LogP contribution is -2.50. The summed E-state index contributed by atoms with van der Waals surface area (Å²) in [6.07, 6.45) is 0.960. The molecule has 246 valence electrons. The quantitative estimate of drug-likeness (QED) is 0.388. The number of alkyl halides is 1. The van der Waals surface area contributed by atoms with E-state index < -0.39 is 35.6 Å². The number of amides is 3. The molecule has 2 saturated heterocycles. The van der Waals surface area contributed by atoms with Gasteiger partial charge in [-0.1, -0.05) is 12.1 Å². The largest absolute Gasteiger partial charge is 0.477 e. The van der Waals surface area contributed by atoms with Crippen LogP contribution in [-0.2, 0) is 20.7 Å². The Balaban J connectivity index is 1.35. The van der Waals surface area contributed by atoms with Crippen LogP contribution in [0.1, 0.15) is 59.4 Å². The van der Waals surface area contributed by atoms with E-state index in [2.05, 4.69) is 10.3 Å². The Morgan fingerprint density at radius 3 is 2.29 bits per heavy atom. The fraction of sp³-hybridized carbons (Fsp3) is 0.576. The number of rotatable bonds is 9. The van der Waals surface area contributed by atoms with Gasteiger partial charge in [0.15, 0.2) is 0 Å². The normalized spacial score (nSPS) is 18.1. The second-order valence-corrected chi connectivity index (χ2v) is 12.9. The Hall–Kier alpha value is -3.96. The highest BCUT2D eigenvalue weighted by Gasteiger charge is 2.33. The molecule has 1 unspecified atom stereocenters. The third-order valence-corrected chi connectivity index (χ3v) is 7.65. The fourth-order valence-electron chi connectivity index (χ4n) is 5.30. The molecule has 10 nitrogen and oxygen atoms in total. The maximum absolute atomic E-state index is 15.3. The number of nitrogens with zero attached hydrogens (tertiary/aromatic N) is 3. The van der Waals surface area contributed by atoms with Crippen LogP contribution in [0.15, 0.2) is 36.5 Å². The summed E-state index contributed by atoms with van der Waals surface area (Å²) < 4.78 is 45.6. The number of nitrogens with one attached hydrogen (secondary N) is 1. The molecule has 1 N–H and O–H groups in total. The van der Waals surface area contributed by atoms with Gasteiger partial charge in [-0.25, -0.2) is 23.4 Å². The summed E-state index contributed by atoms with van der Waals surface area (Å²) in [4.78, 5) is 45.2. The molecule has 3 amide bonds. The van der Waals surface area contributed by atoms with Crippen molar-refractivity contribution < 1.29 is 37.4 Å². The number of halogens is 2. The van der Waals surface area contributed by atoms with Gasteiger partial charge < -0.3 is 29.3 Å². The SMILES string of the molecule is CC(C)OC(=O)N1CCC(COc2ccc(-c3ccc(CC(NC(=O)OC(C)(C)C)C(=O)N4CC[C@H](F)C4)c(F)c3)cn2)CC1. The fourth-order valence-corrected chi connectivity index (χ4v) is 5.30. The molecule has 12 heteroatoms. The number of alkyl carbamates (subject to hydrolysis) is 1. The first-order valence-electron chi connectivity index (χ1n) is 15.5. The molecule has 0 radical (unpaired) electrons. The highest BCUT2D eigenvalue weighted by Crippen LogP contribution is 2.25. The zero-order valence-electron chi connectivity index (χ0n) is 26.7. The summed E-state index contributed by atoms with van der Waals surface area (Å²) >= 11 is 0. The molecule has 0 bridgehead atoms. The van der Waals surface area contributed by atoms with E-state index in [1.807, 2.05) is 13.8 Å². The van der Waals surface area contributed by atoms with Crippen molar-refractivity contribution >= 4 is 18.1 Å². The van der Waals surface area contributed by atoms with Crippen molar-refractivity contribution in [2.24, 2.45) is 5.92 Å². The van der Waals surface area contributed by atoms with Crippen LogP contribution in [0.25, 0.3) is 11.1 Å². The number of hydrogen-bond acceptors (Lipinski definition) is 7. The Morgan fingerprint density at radius 2 is 1.71 bits per heavy atom. The van der Waals surface area contributed by atoms with Crippen LogP contribution in [0, 0.1) is 11.7 Å². The number of piperidine rings is 1. The van der Waals surface area contributed by atoms with Crippen molar-refractivity contribution in [2.75, 3.05) is 32.8 Å². The maximum Gasteiger partial charge on any atom is 0.410 e. The van der Waals surface area contributed by atoms with Gasteiger partial charge in [0.25, 0.3) is 0 Å². The van der Waals surface area contributed by atoms with Gasteiger partial charge in [-0.2, -0.15) is 0 Å². The highest BCUT2D eigenvalue weighted by atomic mass is 19.1. The average molecular weight is 631 g/mol. The zero-order chi connectivity index (χ0) is 32.7. The van der Waals surface area contributed by atoms with Crippen molar-refractivity contribution in [2.45, 2.75) is 84.2 Å². The first kappa shape index (κ1) is 33.9. The van der Waals surface area contributed by atoms with Crippen molar-refractivity contribution in [3.63, 3.8) is 0 Å². The van der Waals surface area contributed by atoms with Gasteiger partial charge in [0.05, 0.1) is 19.3 Å². The Morgan fingerprint density at radius 1 is 1.02 bits per heavy atom. The van der Waals surface area contributed by atoms with Gasteiger partial charge in [0.1, 0.15) is 23.6 Å². The molecule has 45 heavy (non-hydrogen) atoms. The Bertz CT molecular complexity index is 1330. The second-order valence-electron chi connectivity index (χ2n) is 12.9. The smallest absolute Gasteiger partial charge is 0.410 e. The minimum Gasteiger partial charge on any atom is -0.477 e.